The van der Waals surface area contributed by atoms with Gasteiger partial charge in [0, 0.05) is 19.2 Å². The van der Waals surface area contributed by atoms with Crippen LogP contribution in [0.25, 0.3) is 0 Å². The molecular formula is C12H23NO3. The van der Waals surface area contributed by atoms with Gasteiger partial charge in [-0.25, -0.2) is 0 Å². The highest BCUT2D eigenvalue weighted by Gasteiger charge is 2.35. The molecule has 0 amide bonds. The van der Waals surface area contributed by atoms with Crippen molar-refractivity contribution in [3.8, 4) is 0 Å². The second-order valence-corrected chi connectivity index (χ2v) is 4.27. The third-order valence-corrected chi connectivity index (χ3v) is 3.40. The average Bonchev–Trinajstić information content (AvgIpc) is 2.73. The lowest BCUT2D eigenvalue weighted by molar-refractivity contribution is -0.143. The molecule has 2 atom stereocenters. The maximum absolute atomic E-state index is 11.1. The number of nitrogens with zero attached hydrogens (tertiary/aromatic N) is 1. The van der Waals surface area contributed by atoms with Crippen molar-refractivity contribution in [2.24, 2.45) is 5.92 Å². The van der Waals surface area contributed by atoms with E-state index in [0.29, 0.717) is 6.61 Å². The second kappa shape index (κ2) is 6.86. The average molecular weight is 229 g/mol. The largest absolute Gasteiger partial charge is 0.481 e. The molecule has 0 aromatic heterocycles. The lowest BCUT2D eigenvalue weighted by Crippen LogP contribution is -2.42. The van der Waals surface area contributed by atoms with Crippen molar-refractivity contribution in [1.82, 2.24) is 4.90 Å². The van der Waals surface area contributed by atoms with Crippen molar-refractivity contribution >= 4 is 5.97 Å². The molecule has 0 aromatic rings. The molecule has 1 N–H and O–H groups in total. The predicted octanol–water partition coefficient (Wildman–Crippen LogP) is 1.60. The number of carboxylic acids is 1. The van der Waals surface area contributed by atoms with Crippen molar-refractivity contribution in [3.63, 3.8) is 0 Å². The van der Waals surface area contributed by atoms with Gasteiger partial charge in [0.25, 0.3) is 0 Å². The first kappa shape index (κ1) is 13.5. The quantitative estimate of drug-likeness (QED) is 0.674. The highest BCUT2D eigenvalue weighted by Crippen LogP contribution is 2.29. The molecule has 1 rings (SSSR count). The summed E-state index contributed by atoms with van der Waals surface area (Å²) in [6.07, 6.45) is 2.87. The predicted molar refractivity (Wildman–Crippen MR) is 62.5 cm³/mol. The van der Waals surface area contributed by atoms with Gasteiger partial charge in [-0.2, -0.15) is 0 Å². The number of aliphatic carboxylic acids is 1. The Morgan fingerprint density at radius 2 is 2.19 bits per heavy atom. The SMILES string of the molecule is CCOCCN(CC)C1CCCC1C(=O)O. The van der Waals surface area contributed by atoms with Crippen molar-refractivity contribution in [1.29, 1.82) is 0 Å². The Labute approximate surface area is 97.6 Å². The summed E-state index contributed by atoms with van der Waals surface area (Å²) in [5.41, 5.74) is 0. The van der Waals surface area contributed by atoms with Crippen LogP contribution in [0, 0.1) is 5.92 Å². The van der Waals surface area contributed by atoms with Crippen molar-refractivity contribution in [2.45, 2.75) is 39.2 Å². The van der Waals surface area contributed by atoms with E-state index in [4.69, 9.17) is 9.84 Å². The van der Waals surface area contributed by atoms with Gasteiger partial charge in [0.15, 0.2) is 0 Å². The standard InChI is InChI=1S/C12H23NO3/c1-3-13(8-9-16-4-2)11-7-5-6-10(11)12(14)15/h10-11H,3-9H2,1-2H3,(H,14,15). The van der Waals surface area contributed by atoms with E-state index in [9.17, 15) is 4.79 Å². The molecule has 1 aliphatic carbocycles. The monoisotopic (exact) mass is 229 g/mol. The Morgan fingerprint density at radius 3 is 2.75 bits per heavy atom. The number of hydrogen-bond donors (Lipinski definition) is 1. The minimum Gasteiger partial charge on any atom is -0.481 e. The van der Waals surface area contributed by atoms with E-state index in [1.807, 2.05) is 6.92 Å². The van der Waals surface area contributed by atoms with E-state index in [2.05, 4.69) is 11.8 Å². The molecule has 0 aromatic carbocycles. The van der Waals surface area contributed by atoms with Crippen LogP contribution in [0.1, 0.15) is 33.1 Å². The van der Waals surface area contributed by atoms with Crippen LogP contribution in [-0.2, 0) is 9.53 Å². The molecule has 4 heteroatoms. The maximum Gasteiger partial charge on any atom is 0.308 e. The molecule has 16 heavy (non-hydrogen) atoms. The molecule has 1 saturated carbocycles. The molecule has 0 heterocycles. The van der Waals surface area contributed by atoms with Crippen LogP contribution in [0.15, 0.2) is 0 Å². The summed E-state index contributed by atoms with van der Waals surface area (Å²) in [4.78, 5) is 13.4. The molecule has 0 aliphatic heterocycles. The first-order valence-corrected chi connectivity index (χ1v) is 6.25. The Morgan fingerprint density at radius 1 is 1.44 bits per heavy atom. The van der Waals surface area contributed by atoms with Crippen molar-refractivity contribution in [2.75, 3.05) is 26.3 Å². The highest BCUT2D eigenvalue weighted by molar-refractivity contribution is 5.71. The Kier molecular flexibility index (Phi) is 5.77. The molecule has 0 bridgehead atoms. The smallest absolute Gasteiger partial charge is 0.308 e. The third kappa shape index (κ3) is 3.46. The van der Waals surface area contributed by atoms with Crippen molar-refractivity contribution in [3.05, 3.63) is 0 Å². The number of rotatable bonds is 7. The molecular weight excluding hydrogens is 206 g/mol. The normalized spacial score (nSPS) is 25.2. The molecule has 0 radical (unpaired) electrons. The minimum absolute atomic E-state index is 0.179. The van der Waals surface area contributed by atoms with E-state index in [0.717, 1.165) is 39.0 Å². The summed E-state index contributed by atoms with van der Waals surface area (Å²) >= 11 is 0. The fraction of sp³-hybridized carbons (Fsp3) is 0.917. The topological polar surface area (TPSA) is 49.8 Å². The molecule has 1 fully saturated rings. The summed E-state index contributed by atoms with van der Waals surface area (Å²) in [5.74, 6) is -0.820. The summed E-state index contributed by atoms with van der Waals surface area (Å²) in [6, 6.07) is 0.211. The second-order valence-electron chi connectivity index (χ2n) is 4.27. The lowest BCUT2D eigenvalue weighted by Gasteiger charge is -2.30. The molecule has 2 unspecified atom stereocenters. The van der Waals surface area contributed by atoms with Gasteiger partial charge in [0.2, 0.25) is 0 Å². The first-order chi connectivity index (χ1) is 7.70. The third-order valence-electron chi connectivity index (χ3n) is 3.40. The van der Waals surface area contributed by atoms with E-state index in [-0.39, 0.29) is 12.0 Å². The molecule has 94 valence electrons. The van der Waals surface area contributed by atoms with Gasteiger partial charge in [-0.15, -0.1) is 0 Å². The van der Waals surface area contributed by atoms with Gasteiger partial charge in [0.05, 0.1) is 12.5 Å². The van der Waals surface area contributed by atoms with E-state index in [1.165, 1.54) is 0 Å². The minimum atomic E-state index is -0.641. The molecule has 1 aliphatic rings. The van der Waals surface area contributed by atoms with Crippen LogP contribution >= 0.6 is 0 Å². The number of carboxylic acid groups (broad SMARTS) is 1. The fourth-order valence-corrected chi connectivity index (χ4v) is 2.55. The van der Waals surface area contributed by atoms with Crippen LogP contribution in [0.2, 0.25) is 0 Å². The summed E-state index contributed by atoms with van der Waals surface area (Å²) in [5, 5.41) is 9.14. The highest BCUT2D eigenvalue weighted by atomic mass is 16.5. The van der Waals surface area contributed by atoms with Gasteiger partial charge in [-0.05, 0) is 26.3 Å². The zero-order valence-corrected chi connectivity index (χ0v) is 10.3. The maximum atomic E-state index is 11.1. The Bertz CT molecular complexity index is 220. The van der Waals surface area contributed by atoms with Gasteiger partial charge >= 0.3 is 5.97 Å². The number of likely N-dealkylation sites (N-methyl/N-ethyl adjacent to an activating group) is 1. The van der Waals surface area contributed by atoms with Gasteiger partial charge in [0.1, 0.15) is 0 Å². The summed E-state index contributed by atoms with van der Waals surface area (Å²) < 4.78 is 5.33. The van der Waals surface area contributed by atoms with Gasteiger partial charge < -0.3 is 9.84 Å². The van der Waals surface area contributed by atoms with E-state index >= 15 is 0 Å². The van der Waals surface area contributed by atoms with E-state index in [1.54, 1.807) is 0 Å². The zero-order chi connectivity index (χ0) is 12.0. The Balaban J connectivity index is 2.47. The first-order valence-electron chi connectivity index (χ1n) is 6.25. The van der Waals surface area contributed by atoms with Crippen LogP contribution in [0.5, 0.6) is 0 Å². The van der Waals surface area contributed by atoms with Crippen LogP contribution < -0.4 is 0 Å². The molecule has 4 nitrogen and oxygen atoms in total. The van der Waals surface area contributed by atoms with Gasteiger partial charge in [-0.1, -0.05) is 13.3 Å². The van der Waals surface area contributed by atoms with Crippen molar-refractivity contribution < 1.29 is 14.6 Å². The Hall–Kier alpha value is -0.610. The molecule has 0 spiro atoms. The summed E-state index contributed by atoms with van der Waals surface area (Å²) in [7, 11) is 0. The fourth-order valence-electron chi connectivity index (χ4n) is 2.55. The zero-order valence-electron chi connectivity index (χ0n) is 10.3. The van der Waals surface area contributed by atoms with E-state index < -0.39 is 5.97 Å². The molecule has 0 saturated heterocycles. The number of hydrogen-bond acceptors (Lipinski definition) is 3. The number of ether oxygens (including phenoxy) is 1. The van der Waals surface area contributed by atoms with Crippen LogP contribution in [-0.4, -0.2) is 48.3 Å². The lowest BCUT2D eigenvalue weighted by atomic mass is 10.0. The van der Waals surface area contributed by atoms with Crippen LogP contribution in [0.3, 0.4) is 0 Å². The summed E-state index contributed by atoms with van der Waals surface area (Å²) in [6.45, 7) is 7.24. The van der Waals surface area contributed by atoms with Crippen LogP contribution in [0.4, 0.5) is 0 Å². The van der Waals surface area contributed by atoms with Gasteiger partial charge in [-0.3, -0.25) is 9.69 Å². The number of carbonyl (C=O) groups is 1.